The van der Waals surface area contributed by atoms with Crippen LogP contribution < -0.4 is 5.32 Å². The Morgan fingerprint density at radius 3 is 2.00 bits per heavy atom. The Balaban J connectivity index is 2.13. The van der Waals surface area contributed by atoms with E-state index in [1.165, 1.54) is 12.1 Å². The van der Waals surface area contributed by atoms with Crippen molar-refractivity contribution in [1.82, 2.24) is 5.32 Å². The second-order valence-corrected chi connectivity index (χ2v) is 10.4. The smallest absolute Gasteiger partial charge is 0.417 e. The maximum Gasteiger partial charge on any atom is 0.417 e. The summed E-state index contributed by atoms with van der Waals surface area (Å²) in [6.07, 6.45) is -4.44. The quantitative estimate of drug-likeness (QED) is 0.313. The summed E-state index contributed by atoms with van der Waals surface area (Å²) in [5.74, 6) is -0.537. The van der Waals surface area contributed by atoms with Gasteiger partial charge in [-0.1, -0.05) is 78.3 Å². The van der Waals surface area contributed by atoms with Gasteiger partial charge in [0.25, 0.3) is 0 Å². The van der Waals surface area contributed by atoms with Crippen molar-refractivity contribution < 1.29 is 22.7 Å². The van der Waals surface area contributed by atoms with Gasteiger partial charge in [0.05, 0.1) is 10.6 Å². The Hall–Kier alpha value is -2.83. The molecule has 0 bridgehead atoms. The van der Waals surface area contributed by atoms with Crippen LogP contribution in [0.4, 0.5) is 13.2 Å². The predicted molar refractivity (Wildman–Crippen MR) is 137 cm³/mol. The van der Waals surface area contributed by atoms with Gasteiger partial charge in [-0.25, -0.2) is 0 Å². The molecule has 1 N–H and O–H groups in total. The standard InChI is InChI=1S/C29H31ClF3NO2/c1-20(23-13-9-6-10-14-23)34-28(26(35)36-27(2,3)4,18-21-11-7-5-8-12-21)19-22-15-16-25(30)24(17-22)29(31,32)33/h5-17,20,34H,18-19H2,1-4H3/t20-,28?/m1/s1. The normalized spacial score (nSPS) is 14.7. The number of nitrogens with one attached hydrogen (secondary N) is 1. The van der Waals surface area contributed by atoms with E-state index in [-0.39, 0.29) is 23.9 Å². The summed E-state index contributed by atoms with van der Waals surface area (Å²) >= 11 is 5.87. The number of hydrogen-bond acceptors (Lipinski definition) is 3. The van der Waals surface area contributed by atoms with E-state index in [4.69, 9.17) is 16.3 Å². The van der Waals surface area contributed by atoms with Gasteiger partial charge in [-0.2, -0.15) is 13.2 Å². The maximum absolute atomic E-state index is 13.9. The predicted octanol–water partition coefficient (Wildman–Crippen LogP) is 7.58. The molecule has 192 valence electrons. The van der Waals surface area contributed by atoms with Crippen molar-refractivity contribution in [3.8, 4) is 0 Å². The lowest BCUT2D eigenvalue weighted by Crippen LogP contribution is -2.58. The lowest BCUT2D eigenvalue weighted by atomic mass is 9.82. The number of benzene rings is 3. The number of esters is 1. The lowest BCUT2D eigenvalue weighted by Gasteiger charge is -2.38. The lowest BCUT2D eigenvalue weighted by molar-refractivity contribution is -0.163. The third kappa shape index (κ3) is 7.34. The van der Waals surface area contributed by atoms with Crippen LogP contribution in [0.2, 0.25) is 5.02 Å². The Kier molecular flexibility index (Phi) is 8.52. The molecular formula is C29H31ClF3NO2. The topological polar surface area (TPSA) is 38.3 Å². The fourth-order valence-electron chi connectivity index (χ4n) is 4.18. The minimum atomic E-state index is -4.62. The molecule has 3 nitrogen and oxygen atoms in total. The second-order valence-electron chi connectivity index (χ2n) is 10.0. The average molecular weight is 518 g/mol. The van der Waals surface area contributed by atoms with E-state index < -0.39 is 28.8 Å². The van der Waals surface area contributed by atoms with Crippen molar-refractivity contribution in [2.45, 2.75) is 63.9 Å². The Bertz CT molecular complexity index is 1160. The minimum Gasteiger partial charge on any atom is -0.459 e. The fraction of sp³-hybridized carbons (Fsp3) is 0.345. The van der Waals surface area contributed by atoms with E-state index in [0.29, 0.717) is 5.56 Å². The average Bonchev–Trinajstić information content (AvgIpc) is 2.79. The molecule has 0 amide bonds. The highest BCUT2D eigenvalue weighted by Crippen LogP contribution is 2.36. The van der Waals surface area contributed by atoms with Crippen molar-refractivity contribution in [3.05, 3.63) is 106 Å². The number of rotatable bonds is 8. The molecule has 0 spiro atoms. The van der Waals surface area contributed by atoms with Crippen molar-refractivity contribution >= 4 is 17.6 Å². The molecule has 0 saturated heterocycles. The summed E-state index contributed by atoms with van der Waals surface area (Å²) in [6.45, 7) is 7.22. The molecule has 0 aromatic heterocycles. The molecule has 36 heavy (non-hydrogen) atoms. The van der Waals surface area contributed by atoms with Crippen molar-refractivity contribution in [2.75, 3.05) is 0 Å². The van der Waals surface area contributed by atoms with Crippen molar-refractivity contribution in [2.24, 2.45) is 0 Å². The first-order valence-electron chi connectivity index (χ1n) is 11.7. The van der Waals surface area contributed by atoms with Gasteiger partial charge in [0.15, 0.2) is 0 Å². The molecule has 0 saturated carbocycles. The zero-order valence-electron chi connectivity index (χ0n) is 20.8. The van der Waals surface area contributed by atoms with Crippen molar-refractivity contribution in [3.63, 3.8) is 0 Å². The highest BCUT2D eigenvalue weighted by molar-refractivity contribution is 6.31. The molecule has 0 radical (unpaired) electrons. The van der Waals surface area contributed by atoms with Gasteiger partial charge >= 0.3 is 12.1 Å². The molecule has 2 atom stereocenters. The Labute approximate surface area is 215 Å². The van der Waals surface area contributed by atoms with Gasteiger partial charge in [0, 0.05) is 18.9 Å². The number of hydrogen-bond donors (Lipinski definition) is 1. The fourth-order valence-corrected chi connectivity index (χ4v) is 4.40. The van der Waals surface area contributed by atoms with E-state index in [0.717, 1.165) is 17.2 Å². The van der Waals surface area contributed by atoms with E-state index in [1.54, 1.807) is 20.8 Å². The van der Waals surface area contributed by atoms with Crippen LogP contribution in [0.15, 0.2) is 78.9 Å². The summed E-state index contributed by atoms with van der Waals surface area (Å²) in [5, 5.41) is 3.06. The van der Waals surface area contributed by atoms with Crippen LogP contribution in [0.1, 0.15) is 56.0 Å². The van der Waals surface area contributed by atoms with Gasteiger partial charge in [-0.3, -0.25) is 10.1 Å². The first-order chi connectivity index (χ1) is 16.8. The molecule has 0 aliphatic rings. The summed E-state index contributed by atoms with van der Waals surface area (Å²) in [4.78, 5) is 13.9. The Morgan fingerprint density at radius 2 is 1.44 bits per heavy atom. The van der Waals surface area contributed by atoms with Crippen LogP contribution in [0.3, 0.4) is 0 Å². The SMILES string of the molecule is C[C@@H](NC(Cc1ccccc1)(Cc1ccc(Cl)c(C(F)(F)F)c1)C(=O)OC(C)(C)C)c1ccccc1. The summed E-state index contributed by atoms with van der Waals surface area (Å²) in [5.41, 5.74) is -0.988. The van der Waals surface area contributed by atoms with Gasteiger partial charge in [-0.05, 0) is 56.5 Å². The van der Waals surface area contributed by atoms with E-state index in [9.17, 15) is 18.0 Å². The highest BCUT2D eigenvalue weighted by Gasteiger charge is 2.44. The van der Waals surface area contributed by atoms with E-state index >= 15 is 0 Å². The third-order valence-electron chi connectivity index (χ3n) is 5.77. The maximum atomic E-state index is 13.9. The minimum absolute atomic E-state index is 0.0335. The van der Waals surface area contributed by atoms with Gasteiger partial charge in [0.1, 0.15) is 11.1 Å². The zero-order valence-corrected chi connectivity index (χ0v) is 21.6. The number of carbonyl (C=O) groups excluding carboxylic acids is 1. The molecule has 3 rings (SSSR count). The summed E-state index contributed by atoms with van der Waals surface area (Å²) in [6, 6.07) is 22.4. The number of halogens is 4. The highest BCUT2D eigenvalue weighted by atomic mass is 35.5. The first kappa shape index (κ1) is 27.8. The van der Waals surface area contributed by atoms with E-state index in [1.807, 2.05) is 67.6 Å². The molecule has 0 fully saturated rings. The van der Waals surface area contributed by atoms with Crippen LogP contribution >= 0.6 is 11.6 Å². The van der Waals surface area contributed by atoms with Crippen LogP contribution in [0.5, 0.6) is 0 Å². The molecule has 0 aliphatic carbocycles. The Morgan fingerprint density at radius 1 is 0.889 bits per heavy atom. The van der Waals surface area contributed by atoms with E-state index in [2.05, 4.69) is 5.32 Å². The zero-order chi connectivity index (χ0) is 26.6. The van der Waals surface area contributed by atoms with Gasteiger partial charge < -0.3 is 4.74 Å². The van der Waals surface area contributed by atoms with Crippen LogP contribution in [-0.4, -0.2) is 17.1 Å². The first-order valence-corrected chi connectivity index (χ1v) is 12.1. The number of alkyl halides is 3. The number of carbonyl (C=O) groups is 1. The molecule has 0 heterocycles. The molecule has 3 aromatic rings. The van der Waals surface area contributed by atoms with Crippen LogP contribution in [-0.2, 0) is 28.5 Å². The van der Waals surface area contributed by atoms with Crippen molar-refractivity contribution in [1.29, 1.82) is 0 Å². The monoisotopic (exact) mass is 517 g/mol. The molecule has 0 aliphatic heterocycles. The van der Waals surface area contributed by atoms with Crippen LogP contribution in [0, 0.1) is 0 Å². The molecular weight excluding hydrogens is 487 g/mol. The third-order valence-corrected chi connectivity index (χ3v) is 6.10. The molecule has 3 aromatic carbocycles. The van der Waals surface area contributed by atoms with Crippen LogP contribution in [0.25, 0.3) is 0 Å². The second kappa shape index (κ2) is 11.1. The number of ether oxygens (including phenoxy) is 1. The molecule has 1 unspecified atom stereocenters. The summed E-state index contributed by atoms with van der Waals surface area (Å²) < 4.78 is 46.7. The van der Waals surface area contributed by atoms with Gasteiger partial charge in [0.2, 0.25) is 0 Å². The largest absolute Gasteiger partial charge is 0.459 e. The van der Waals surface area contributed by atoms with Gasteiger partial charge in [-0.15, -0.1) is 0 Å². The summed E-state index contributed by atoms with van der Waals surface area (Å²) in [7, 11) is 0. The molecule has 7 heteroatoms.